The molecule has 0 aliphatic carbocycles. The van der Waals surface area contributed by atoms with Gasteiger partial charge in [-0.25, -0.2) is 0 Å². The molecule has 18 heavy (non-hydrogen) atoms. The van der Waals surface area contributed by atoms with Crippen molar-refractivity contribution in [3.8, 4) is 5.75 Å². The van der Waals surface area contributed by atoms with Crippen molar-refractivity contribution in [1.29, 1.82) is 0 Å². The highest BCUT2D eigenvalue weighted by Crippen LogP contribution is 2.29. The second-order valence-corrected chi connectivity index (χ2v) is 4.36. The van der Waals surface area contributed by atoms with Crippen LogP contribution in [0.5, 0.6) is 5.75 Å². The maximum atomic E-state index is 12.1. The van der Waals surface area contributed by atoms with Crippen LogP contribution in [0.1, 0.15) is 17.2 Å². The number of thiophene rings is 1. The predicted molar refractivity (Wildman–Crippen MR) is 61.5 cm³/mol. The van der Waals surface area contributed by atoms with Crippen molar-refractivity contribution in [2.75, 3.05) is 0 Å². The molecule has 0 fully saturated rings. The van der Waals surface area contributed by atoms with Crippen molar-refractivity contribution < 1.29 is 23.0 Å². The summed E-state index contributed by atoms with van der Waals surface area (Å²) in [5, 5.41) is 13.5. The largest absolute Gasteiger partial charge is 0.573 e. The Bertz CT molecular complexity index is 508. The van der Waals surface area contributed by atoms with Crippen LogP contribution in [0.25, 0.3) is 0 Å². The standard InChI is InChI=1S/C12H9F3O2S/c13-12(14,15)17-10-3-1-2-8(6-10)11(16)9-4-5-18-7-9/h1-7,11,16H. The van der Waals surface area contributed by atoms with E-state index in [0.717, 1.165) is 0 Å². The summed E-state index contributed by atoms with van der Waals surface area (Å²) in [5.41, 5.74) is 0.999. The zero-order valence-electron chi connectivity index (χ0n) is 9.02. The fraction of sp³-hybridized carbons (Fsp3) is 0.167. The lowest BCUT2D eigenvalue weighted by molar-refractivity contribution is -0.274. The maximum absolute atomic E-state index is 12.1. The Morgan fingerprint density at radius 1 is 1.17 bits per heavy atom. The number of hydrogen-bond donors (Lipinski definition) is 1. The summed E-state index contributed by atoms with van der Waals surface area (Å²) in [5.74, 6) is -0.339. The Balaban J connectivity index is 2.22. The molecule has 0 aliphatic rings. The van der Waals surface area contributed by atoms with E-state index in [-0.39, 0.29) is 5.75 Å². The molecule has 2 rings (SSSR count). The van der Waals surface area contributed by atoms with Gasteiger partial charge in [-0.05, 0) is 40.1 Å². The lowest BCUT2D eigenvalue weighted by Gasteiger charge is -2.13. The van der Waals surface area contributed by atoms with Gasteiger partial charge >= 0.3 is 6.36 Å². The Labute approximate surface area is 105 Å². The smallest absolute Gasteiger partial charge is 0.406 e. The van der Waals surface area contributed by atoms with Crippen molar-refractivity contribution in [3.05, 3.63) is 52.2 Å². The monoisotopic (exact) mass is 274 g/mol. The topological polar surface area (TPSA) is 29.5 Å². The van der Waals surface area contributed by atoms with E-state index in [1.165, 1.54) is 29.5 Å². The van der Waals surface area contributed by atoms with Gasteiger partial charge < -0.3 is 9.84 Å². The van der Waals surface area contributed by atoms with Gasteiger partial charge in [0, 0.05) is 0 Å². The average molecular weight is 274 g/mol. The van der Waals surface area contributed by atoms with Gasteiger partial charge in [0.1, 0.15) is 11.9 Å². The molecule has 0 bridgehead atoms. The molecule has 2 nitrogen and oxygen atoms in total. The van der Waals surface area contributed by atoms with E-state index >= 15 is 0 Å². The Morgan fingerprint density at radius 3 is 2.56 bits per heavy atom. The van der Waals surface area contributed by atoms with Crippen molar-refractivity contribution in [2.24, 2.45) is 0 Å². The number of alkyl halides is 3. The molecule has 0 aliphatic heterocycles. The molecule has 0 amide bonds. The average Bonchev–Trinajstić information content (AvgIpc) is 2.79. The molecule has 2 aromatic rings. The van der Waals surface area contributed by atoms with E-state index in [4.69, 9.17) is 0 Å². The second-order valence-electron chi connectivity index (χ2n) is 3.58. The molecule has 1 heterocycles. The highest BCUT2D eigenvalue weighted by molar-refractivity contribution is 7.07. The molecule has 0 saturated carbocycles. The summed E-state index contributed by atoms with van der Waals surface area (Å²) < 4.78 is 40.0. The number of rotatable bonds is 3. The third-order valence-corrected chi connectivity index (χ3v) is 2.97. The molecule has 1 aromatic carbocycles. The highest BCUT2D eigenvalue weighted by Gasteiger charge is 2.31. The van der Waals surface area contributed by atoms with Crippen LogP contribution in [0.2, 0.25) is 0 Å². The molecule has 96 valence electrons. The molecule has 0 radical (unpaired) electrons. The summed E-state index contributed by atoms with van der Waals surface area (Å²) in [6.07, 6.45) is -5.68. The van der Waals surface area contributed by atoms with Crippen LogP contribution in [-0.2, 0) is 0 Å². The molecule has 0 spiro atoms. The van der Waals surface area contributed by atoms with Crippen LogP contribution in [-0.4, -0.2) is 11.5 Å². The number of halogens is 3. The fourth-order valence-electron chi connectivity index (χ4n) is 1.50. The van der Waals surface area contributed by atoms with Crippen LogP contribution in [0.4, 0.5) is 13.2 Å². The quantitative estimate of drug-likeness (QED) is 0.924. The van der Waals surface area contributed by atoms with Gasteiger partial charge in [-0.1, -0.05) is 12.1 Å². The van der Waals surface area contributed by atoms with E-state index in [1.807, 2.05) is 0 Å². The van der Waals surface area contributed by atoms with Gasteiger partial charge in [0.2, 0.25) is 0 Å². The number of ether oxygens (including phenoxy) is 1. The summed E-state index contributed by atoms with van der Waals surface area (Å²) in [6, 6.07) is 7.04. The van der Waals surface area contributed by atoms with Gasteiger partial charge in [-0.2, -0.15) is 11.3 Å². The Morgan fingerprint density at radius 2 is 1.94 bits per heavy atom. The van der Waals surface area contributed by atoms with E-state index in [0.29, 0.717) is 11.1 Å². The summed E-state index contributed by atoms with van der Waals surface area (Å²) in [6.45, 7) is 0. The molecular formula is C12H9F3O2S. The van der Waals surface area contributed by atoms with Crippen molar-refractivity contribution >= 4 is 11.3 Å². The lowest BCUT2D eigenvalue weighted by atomic mass is 10.0. The fourth-order valence-corrected chi connectivity index (χ4v) is 2.18. The van der Waals surface area contributed by atoms with Crippen LogP contribution in [0, 0.1) is 0 Å². The van der Waals surface area contributed by atoms with E-state index in [1.54, 1.807) is 22.9 Å². The number of aliphatic hydroxyl groups excluding tert-OH is 1. The molecule has 1 N–H and O–H groups in total. The normalized spacial score (nSPS) is 13.3. The zero-order chi connectivity index (χ0) is 13.2. The zero-order valence-corrected chi connectivity index (χ0v) is 9.83. The first-order valence-corrected chi connectivity index (χ1v) is 5.96. The van der Waals surface area contributed by atoms with Crippen LogP contribution < -0.4 is 4.74 Å². The summed E-state index contributed by atoms with van der Waals surface area (Å²) in [4.78, 5) is 0. The SMILES string of the molecule is OC(c1ccsc1)c1cccc(OC(F)(F)F)c1. The minimum Gasteiger partial charge on any atom is -0.406 e. The van der Waals surface area contributed by atoms with E-state index < -0.39 is 12.5 Å². The first kappa shape index (κ1) is 12.9. The van der Waals surface area contributed by atoms with Gasteiger partial charge in [0.05, 0.1) is 0 Å². The van der Waals surface area contributed by atoms with Crippen LogP contribution in [0.15, 0.2) is 41.1 Å². The molecular weight excluding hydrogens is 265 g/mol. The molecule has 1 aromatic heterocycles. The van der Waals surface area contributed by atoms with Crippen molar-refractivity contribution in [3.63, 3.8) is 0 Å². The van der Waals surface area contributed by atoms with Gasteiger partial charge in [-0.3, -0.25) is 0 Å². The molecule has 1 unspecified atom stereocenters. The highest BCUT2D eigenvalue weighted by atomic mass is 32.1. The molecule has 1 atom stereocenters. The second kappa shape index (κ2) is 4.99. The Hall–Kier alpha value is -1.53. The third kappa shape index (κ3) is 3.24. The van der Waals surface area contributed by atoms with Crippen LogP contribution in [0.3, 0.4) is 0 Å². The summed E-state index contributed by atoms with van der Waals surface area (Å²) in [7, 11) is 0. The maximum Gasteiger partial charge on any atom is 0.573 e. The van der Waals surface area contributed by atoms with Gasteiger partial charge in [-0.15, -0.1) is 13.2 Å². The lowest BCUT2D eigenvalue weighted by Crippen LogP contribution is -2.17. The first-order valence-electron chi connectivity index (χ1n) is 5.01. The minimum atomic E-state index is -4.73. The Kier molecular flexibility index (Phi) is 3.58. The number of aliphatic hydroxyl groups is 1. The summed E-state index contributed by atoms with van der Waals surface area (Å²) >= 11 is 1.41. The van der Waals surface area contributed by atoms with E-state index in [2.05, 4.69) is 4.74 Å². The predicted octanol–water partition coefficient (Wildman–Crippen LogP) is 3.73. The third-order valence-electron chi connectivity index (χ3n) is 2.27. The molecule has 6 heteroatoms. The number of benzene rings is 1. The molecule has 0 saturated heterocycles. The van der Waals surface area contributed by atoms with Gasteiger partial charge in [0.25, 0.3) is 0 Å². The number of hydrogen-bond acceptors (Lipinski definition) is 3. The van der Waals surface area contributed by atoms with Crippen LogP contribution >= 0.6 is 11.3 Å². The minimum absolute atomic E-state index is 0.339. The van der Waals surface area contributed by atoms with Gasteiger partial charge in [0.15, 0.2) is 0 Å². The van der Waals surface area contributed by atoms with Crippen molar-refractivity contribution in [2.45, 2.75) is 12.5 Å². The van der Waals surface area contributed by atoms with Crippen molar-refractivity contribution in [1.82, 2.24) is 0 Å². The first-order chi connectivity index (χ1) is 8.46. The van der Waals surface area contributed by atoms with E-state index in [9.17, 15) is 18.3 Å².